The Balaban J connectivity index is 2.20. The van der Waals surface area contributed by atoms with Gasteiger partial charge in [-0.25, -0.2) is 9.97 Å². The molecule has 0 saturated heterocycles. The van der Waals surface area contributed by atoms with Gasteiger partial charge in [-0.05, 0) is 37.5 Å². The summed E-state index contributed by atoms with van der Waals surface area (Å²) in [5.74, 6) is -0.937. The minimum absolute atomic E-state index is 0.0585. The predicted molar refractivity (Wildman–Crippen MR) is 102 cm³/mol. The Morgan fingerprint density at radius 1 is 1.11 bits per heavy atom. The van der Waals surface area contributed by atoms with E-state index in [1.807, 2.05) is 31.2 Å². The lowest BCUT2D eigenvalue weighted by Crippen LogP contribution is -2.23. The SMILES string of the molecule is CCC[C@H](O)c1nc2ccccc2nc1/C=C/[C@@H](O)[C@@H](O)CCCC(=O)O. The van der Waals surface area contributed by atoms with Gasteiger partial charge in [-0.3, -0.25) is 4.79 Å². The maximum Gasteiger partial charge on any atom is 0.303 e. The summed E-state index contributed by atoms with van der Waals surface area (Å²) >= 11 is 0. The molecule has 0 aliphatic carbocycles. The molecule has 0 saturated carbocycles. The maximum absolute atomic E-state index is 10.5. The number of hydrogen-bond donors (Lipinski definition) is 4. The van der Waals surface area contributed by atoms with Crippen LogP contribution < -0.4 is 0 Å². The number of carboxylic acid groups (broad SMARTS) is 1. The van der Waals surface area contributed by atoms with Gasteiger partial charge in [0.05, 0.1) is 40.7 Å². The quantitative estimate of drug-likeness (QED) is 0.503. The summed E-state index contributed by atoms with van der Waals surface area (Å²) in [6.45, 7) is 1.96. The zero-order chi connectivity index (χ0) is 19.8. The maximum atomic E-state index is 10.5. The third kappa shape index (κ3) is 6.09. The number of aliphatic carboxylic acids is 1. The van der Waals surface area contributed by atoms with Crippen LogP contribution in [0.2, 0.25) is 0 Å². The zero-order valence-corrected chi connectivity index (χ0v) is 15.3. The summed E-state index contributed by atoms with van der Waals surface area (Å²) in [5, 5.41) is 39.1. The van der Waals surface area contributed by atoms with Crippen molar-refractivity contribution in [2.24, 2.45) is 0 Å². The molecule has 27 heavy (non-hydrogen) atoms. The number of benzene rings is 1. The van der Waals surface area contributed by atoms with Crippen LogP contribution in [0, 0.1) is 0 Å². The molecule has 7 nitrogen and oxygen atoms in total. The number of carbonyl (C=O) groups is 1. The first-order valence-electron chi connectivity index (χ1n) is 9.13. The molecule has 0 unspecified atom stereocenters. The lowest BCUT2D eigenvalue weighted by atomic mass is 10.0. The largest absolute Gasteiger partial charge is 0.481 e. The minimum atomic E-state index is -1.16. The van der Waals surface area contributed by atoms with E-state index in [1.165, 1.54) is 6.08 Å². The highest BCUT2D eigenvalue weighted by atomic mass is 16.4. The number of nitrogens with zero attached hydrogens (tertiary/aromatic N) is 2. The normalized spacial score (nSPS) is 15.1. The van der Waals surface area contributed by atoms with E-state index in [1.54, 1.807) is 6.08 Å². The molecule has 1 aromatic heterocycles. The molecule has 7 heteroatoms. The minimum Gasteiger partial charge on any atom is -0.481 e. The van der Waals surface area contributed by atoms with Crippen LogP contribution in [-0.4, -0.2) is 48.6 Å². The Morgan fingerprint density at radius 3 is 2.41 bits per heavy atom. The molecule has 0 aliphatic rings. The number of hydrogen-bond acceptors (Lipinski definition) is 6. The van der Waals surface area contributed by atoms with Crippen molar-refractivity contribution in [3.05, 3.63) is 41.7 Å². The molecule has 2 rings (SSSR count). The van der Waals surface area contributed by atoms with E-state index in [9.17, 15) is 20.1 Å². The lowest BCUT2D eigenvalue weighted by molar-refractivity contribution is -0.137. The topological polar surface area (TPSA) is 124 Å². The highest BCUT2D eigenvalue weighted by Gasteiger charge is 2.17. The standard InChI is InChI=1S/C20H26N2O5/c1-2-6-18(25)20-15(21-13-7-3-4-8-14(13)22-20)11-12-17(24)16(23)9-5-10-19(26)27/h3-4,7-8,11-12,16-18,23-25H,2,5-6,9-10H2,1H3,(H,26,27)/b12-11+/t16-,17+,18-/m0/s1. The lowest BCUT2D eigenvalue weighted by Gasteiger charge is -2.15. The van der Waals surface area contributed by atoms with E-state index in [0.717, 1.165) is 6.42 Å². The fourth-order valence-corrected chi connectivity index (χ4v) is 2.76. The Hall–Kier alpha value is -2.35. The summed E-state index contributed by atoms with van der Waals surface area (Å²) < 4.78 is 0. The Morgan fingerprint density at radius 2 is 1.78 bits per heavy atom. The summed E-state index contributed by atoms with van der Waals surface area (Å²) in [7, 11) is 0. The van der Waals surface area contributed by atoms with Gasteiger partial charge in [0, 0.05) is 6.42 Å². The molecule has 0 fully saturated rings. The summed E-state index contributed by atoms with van der Waals surface area (Å²) in [5.41, 5.74) is 2.21. The van der Waals surface area contributed by atoms with E-state index in [4.69, 9.17) is 5.11 Å². The second-order valence-corrected chi connectivity index (χ2v) is 6.49. The highest BCUT2D eigenvalue weighted by Crippen LogP contribution is 2.23. The predicted octanol–water partition coefficient (Wildman–Crippen LogP) is 2.45. The first kappa shape index (κ1) is 21.0. The van der Waals surface area contributed by atoms with Gasteiger partial charge >= 0.3 is 5.97 Å². The van der Waals surface area contributed by atoms with Crippen LogP contribution >= 0.6 is 0 Å². The average molecular weight is 374 g/mol. The van der Waals surface area contributed by atoms with Crippen molar-refractivity contribution in [2.75, 3.05) is 0 Å². The van der Waals surface area contributed by atoms with Crippen LogP contribution in [-0.2, 0) is 4.79 Å². The van der Waals surface area contributed by atoms with Gasteiger partial charge in [-0.2, -0.15) is 0 Å². The molecular weight excluding hydrogens is 348 g/mol. The molecular formula is C20H26N2O5. The van der Waals surface area contributed by atoms with Crippen molar-refractivity contribution in [2.45, 2.75) is 57.3 Å². The Kier molecular flexibility index (Phi) is 7.84. The van der Waals surface area contributed by atoms with Crippen molar-refractivity contribution in [1.29, 1.82) is 0 Å². The van der Waals surface area contributed by atoms with Crippen LogP contribution in [0.1, 0.15) is 56.5 Å². The fraction of sp³-hybridized carbons (Fsp3) is 0.450. The van der Waals surface area contributed by atoms with Crippen molar-refractivity contribution in [3.8, 4) is 0 Å². The second-order valence-electron chi connectivity index (χ2n) is 6.49. The molecule has 0 aliphatic heterocycles. The van der Waals surface area contributed by atoms with Crippen LogP contribution in [0.3, 0.4) is 0 Å². The molecule has 3 atom stereocenters. The first-order valence-corrected chi connectivity index (χ1v) is 9.13. The molecule has 0 amide bonds. The summed E-state index contributed by atoms with van der Waals surface area (Å²) in [6.07, 6.45) is 1.63. The van der Waals surface area contributed by atoms with Crippen molar-refractivity contribution >= 4 is 23.1 Å². The highest BCUT2D eigenvalue weighted by molar-refractivity contribution is 5.75. The van der Waals surface area contributed by atoms with Crippen LogP contribution in [0.4, 0.5) is 0 Å². The number of aromatic nitrogens is 2. The van der Waals surface area contributed by atoms with Gasteiger partial charge < -0.3 is 20.4 Å². The molecule has 0 bridgehead atoms. The van der Waals surface area contributed by atoms with Gasteiger partial charge in [0.25, 0.3) is 0 Å². The Labute approximate surface area is 158 Å². The molecule has 146 valence electrons. The smallest absolute Gasteiger partial charge is 0.303 e. The average Bonchev–Trinajstić information content (AvgIpc) is 2.65. The van der Waals surface area contributed by atoms with E-state index < -0.39 is 24.3 Å². The van der Waals surface area contributed by atoms with Crippen LogP contribution in [0.25, 0.3) is 17.1 Å². The van der Waals surface area contributed by atoms with E-state index in [2.05, 4.69) is 9.97 Å². The molecule has 1 aromatic carbocycles. The molecule has 4 N–H and O–H groups in total. The van der Waals surface area contributed by atoms with E-state index in [-0.39, 0.29) is 19.3 Å². The number of fused-ring (bicyclic) bond motifs is 1. The first-order chi connectivity index (χ1) is 12.9. The fourth-order valence-electron chi connectivity index (χ4n) is 2.76. The Bertz CT molecular complexity index is 793. The van der Waals surface area contributed by atoms with Crippen LogP contribution in [0.5, 0.6) is 0 Å². The van der Waals surface area contributed by atoms with E-state index >= 15 is 0 Å². The third-order valence-electron chi connectivity index (χ3n) is 4.24. The monoisotopic (exact) mass is 374 g/mol. The molecule has 0 radical (unpaired) electrons. The van der Waals surface area contributed by atoms with Crippen molar-refractivity contribution in [3.63, 3.8) is 0 Å². The summed E-state index contributed by atoms with van der Waals surface area (Å²) in [4.78, 5) is 19.6. The van der Waals surface area contributed by atoms with Gasteiger partial charge in [-0.15, -0.1) is 0 Å². The number of aliphatic hydroxyl groups is 3. The molecule has 0 spiro atoms. The zero-order valence-electron chi connectivity index (χ0n) is 15.3. The van der Waals surface area contributed by atoms with Gasteiger partial charge in [-0.1, -0.05) is 31.6 Å². The van der Waals surface area contributed by atoms with Gasteiger partial charge in [0.15, 0.2) is 0 Å². The second kappa shape index (κ2) is 10.1. The number of para-hydroxylation sites is 2. The number of carboxylic acids is 1. The van der Waals surface area contributed by atoms with Crippen molar-refractivity contribution in [1.82, 2.24) is 9.97 Å². The number of aliphatic hydroxyl groups excluding tert-OH is 3. The van der Waals surface area contributed by atoms with E-state index in [0.29, 0.717) is 28.8 Å². The van der Waals surface area contributed by atoms with Gasteiger partial charge in [0.1, 0.15) is 0 Å². The van der Waals surface area contributed by atoms with Crippen molar-refractivity contribution < 1.29 is 25.2 Å². The molecule has 2 aromatic rings. The molecule has 1 heterocycles. The van der Waals surface area contributed by atoms with Gasteiger partial charge in [0.2, 0.25) is 0 Å². The third-order valence-corrected chi connectivity index (χ3v) is 4.24. The van der Waals surface area contributed by atoms with Crippen LogP contribution in [0.15, 0.2) is 30.3 Å². The summed E-state index contributed by atoms with van der Waals surface area (Å²) in [6, 6.07) is 7.32. The number of rotatable bonds is 10.